The first kappa shape index (κ1) is 25.7. The van der Waals surface area contributed by atoms with E-state index >= 15 is 0 Å². The van der Waals surface area contributed by atoms with Crippen LogP contribution in [0.2, 0.25) is 0 Å². The minimum atomic E-state index is -0.449. The van der Waals surface area contributed by atoms with Gasteiger partial charge in [-0.3, -0.25) is 19.3 Å². The van der Waals surface area contributed by atoms with Gasteiger partial charge in [0.1, 0.15) is 11.4 Å². The first-order valence-corrected chi connectivity index (χ1v) is 12.7. The number of nitrogens with zero attached hydrogens (tertiary/aromatic N) is 2. The molecule has 0 bridgehead atoms. The highest BCUT2D eigenvalue weighted by molar-refractivity contribution is 7.09. The summed E-state index contributed by atoms with van der Waals surface area (Å²) in [6.07, 6.45) is 6.09. The van der Waals surface area contributed by atoms with Gasteiger partial charge in [0.2, 0.25) is 5.91 Å². The summed E-state index contributed by atoms with van der Waals surface area (Å²) in [5.74, 6) is -0.596. The number of nitrogens with one attached hydrogen (secondary N) is 2. The van der Waals surface area contributed by atoms with E-state index in [1.165, 1.54) is 11.3 Å². The van der Waals surface area contributed by atoms with Crippen LogP contribution in [0.25, 0.3) is 0 Å². The number of carbonyl (C=O) groups is 3. The largest absolute Gasteiger partial charge is 0.395 e. The number of hydrogen-bond acceptors (Lipinski definition) is 6. The Bertz CT molecular complexity index is 996. The Morgan fingerprint density at radius 1 is 1.15 bits per heavy atom. The monoisotopic (exact) mass is 485 g/mol. The summed E-state index contributed by atoms with van der Waals surface area (Å²) in [5, 5.41) is 5.87. The summed E-state index contributed by atoms with van der Waals surface area (Å²) in [5.41, 5.74) is 7.98. The Hall–Kier alpha value is -2.94. The molecule has 4 N–H and O–H groups in total. The Balaban J connectivity index is 1.78. The van der Waals surface area contributed by atoms with E-state index in [9.17, 15) is 14.4 Å². The Kier molecular flexibility index (Phi) is 9.04. The van der Waals surface area contributed by atoms with Crippen molar-refractivity contribution in [3.63, 3.8) is 0 Å². The Labute approximate surface area is 205 Å². The molecule has 0 aliphatic heterocycles. The third-order valence-electron chi connectivity index (χ3n) is 6.01. The number of carbonyl (C=O) groups excluding carboxylic acids is 3. The molecule has 0 radical (unpaired) electrons. The summed E-state index contributed by atoms with van der Waals surface area (Å²) in [6, 6.07) is 7.46. The topological polar surface area (TPSA) is 117 Å². The number of rotatable bonds is 9. The van der Waals surface area contributed by atoms with E-state index in [0.717, 1.165) is 49.2 Å². The fourth-order valence-corrected chi connectivity index (χ4v) is 4.69. The first-order chi connectivity index (χ1) is 16.3. The molecule has 1 saturated carbocycles. The molecule has 3 rings (SSSR count). The van der Waals surface area contributed by atoms with Gasteiger partial charge in [-0.05, 0) is 55.8 Å². The standard InChI is InChI=1S/C25H35N5O3S/c1-16(2)13-14-27-20(31)15-30(19-11-9-17(3)10-12-19)25(33)23-21(26)22(29-34-23)24(32)28-18-7-5-4-6-8-18/h9-12,16,18H,4-8,13-15,26H2,1-3H3,(H,27,31)(H,28,32). The van der Waals surface area contributed by atoms with Crippen molar-refractivity contribution in [2.75, 3.05) is 23.7 Å². The van der Waals surface area contributed by atoms with Crippen molar-refractivity contribution in [3.8, 4) is 0 Å². The molecule has 0 saturated heterocycles. The van der Waals surface area contributed by atoms with E-state index in [2.05, 4.69) is 28.9 Å². The van der Waals surface area contributed by atoms with Gasteiger partial charge < -0.3 is 16.4 Å². The zero-order valence-corrected chi connectivity index (χ0v) is 21.0. The zero-order chi connectivity index (χ0) is 24.7. The van der Waals surface area contributed by atoms with Gasteiger partial charge in [0, 0.05) is 18.3 Å². The zero-order valence-electron chi connectivity index (χ0n) is 20.2. The molecule has 1 aliphatic rings. The third-order valence-corrected chi connectivity index (χ3v) is 6.87. The lowest BCUT2D eigenvalue weighted by atomic mass is 9.95. The maximum absolute atomic E-state index is 13.5. The number of benzene rings is 1. The smallest absolute Gasteiger partial charge is 0.273 e. The van der Waals surface area contributed by atoms with Crippen LogP contribution in [-0.2, 0) is 4.79 Å². The van der Waals surface area contributed by atoms with Crippen LogP contribution in [0.4, 0.5) is 11.4 Å². The predicted molar refractivity (Wildman–Crippen MR) is 136 cm³/mol. The van der Waals surface area contributed by atoms with Crippen LogP contribution in [0.5, 0.6) is 0 Å². The fourth-order valence-electron chi connectivity index (χ4n) is 3.94. The minimum Gasteiger partial charge on any atom is -0.395 e. The molecule has 2 aromatic rings. The number of anilines is 2. The average molecular weight is 486 g/mol. The molecule has 1 fully saturated rings. The summed E-state index contributed by atoms with van der Waals surface area (Å²) >= 11 is 0.891. The number of nitrogens with two attached hydrogens (primary N) is 1. The second-order valence-electron chi connectivity index (χ2n) is 9.34. The van der Waals surface area contributed by atoms with Gasteiger partial charge in [0.05, 0.1) is 5.69 Å². The Morgan fingerprint density at radius 3 is 2.47 bits per heavy atom. The van der Waals surface area contributed by atoms with Crippen LogP contribution in [0.1, 0.15) is 78.1 Å². The molecule has 3 amide bonds. The number of amides is 3. The van der Waals surface area contributed by atoms with Crippen LogP contribution in [-0.4, -0.2) is 41.2 Å². The molecule has 9 heteroatoms. The lowest BCUT2D eigenvalue weighted by Crippen LogP contribution is -2.41. The summed E-state index contributed by atoms with van der Waals surface area (Å²) in [4.78, 5) is 40.4. The third kappa shape index (κ3) is 6.79. The van der Waals surface area contributed by atoms with Gasteiger partial charge in [-0.2, -0.15) is 4.37 Å². The van der Waals surface area contributed by atoms with Crippen molar-refractivity contribution >= 4 is 40.6 Å². The lowest BCUT2D eigenvalue weighted by Gasteiger charge is -2.23. The van der Waals surface area contributed by atoms with Gasteiger partial charge in [-0.15, -0.1) is 0 Å². The maximum Gasteiger partial charge on any atom is 0.273 e. The van der Waals surface area contributed by atoms with E-state index in [4.69, 9.17) is 5.73 Å². The van der Waals surface area contributed by atoms with Crippen LogP contribution in [0, 0.1) is 12.8 Å². The van der Waals surface area contributed by atoms with Crippen molar-refractivity contribution in [2.24, 2.45) is 5.92 Å². The van der Waals surface area contributed by atoms with E-state index in [1.807, 2.05) is 19.1 Å². The van der Waals surface area contributed by atoms with Crippen LogP contribution in [0.3, 0.4) is 0 Å². The van der Waals surface area contributed by atoms with E-state index in [1.54, 1.807) is 12.1 Å². The molecule has 1 aromatic heterocycles. The minimum absolute atomic E-state index is 0.0561. The van der Waals surface area contributed by atoms with Crippen molar-refractivity contribution in [1.29, 1.82) is 0 Å². The molecule has 1 aliphatic carbocycles. The van der Waals surface area contributed by atoms with Crippen LogP contribution >= 0.6 is 11.5 Å². The highest BCUT2D eigenvalue weighted by Crippen LogP contribution is 2.27. The van der Waals surface area contributed by atoms with Crippen LogP contribution < -0.4 is 21.3 Å². The molecular weight excluding hydrogens is 450 g/mol. The molecule has 1 aromatic carbocycles. The SMILES string of the molecule is Cc1ccc(N(CC(=O)NCCC(C)C)C(=O)c2snc(C(=O)NC3CCCCC3)c2N)cc1. The van der Waals surface area contributed by atoms with E-state index in [-0.39, 0.29) is 40.7 Å². The molecule has 0 unspecified atom stereocenters. The molecule has 0 atom stereocenters. The number of aryl methyl sites for hydroxylation is 1. The summed E-state index contributed by atoms with van der Waals surface area (Å²) in [7, 11) is 0. The van der Waals surface area contributed by atoms with Gasteiger partial charge in [0.25, 0.3) is 11.8 Å². The highest BCUT2D eigenvalue weighted by atomic mass is 32.1. The fraction of sp³-hybridized carbons (Fsp3) is 0.520. The molecule has 8 nitrogen and oxygen atoms in total. The summed E-state index contributed by atoms with van der Waals surface area (Å²) in [6.45, 7) is 6.51. The second kappa shape index (κ2) is 12.0. The normalized spacial score (nSPS) is 14.1. The number of nitrogen functional groups attached to an aromatic ring is 1. The first-order valence-electron chi connectivity index (χ1n) is 12.0. The van der Waals surface area contributed by atoms with Gasteiger partial charge in [-0.25, -0.2) is 0 Å². The molecular formula is C25H35N5O3S. The van der Waals surface area contributed by atoms with E-state index < -0.39 is 5.91 Å². The lowest BCUT2D eigenvalue weighted by molar-refractivity contribution is -0.119. The molecule has 1 heterocycles. The van der Waals surface area contributed by atoms with Crippen molar-refractivity contribution in [2.45, 2.75) is 65.3 Å². The van der Waals surface area contributed by atoms with Crippen molar-refractivity contribution in [1.82, 2.24) is 15.0 Å². The molecule has 184 valence electrons. The van der Waals surface area contributed by atoms with Crippen molar-refractivity contribution in [3.05, 3.63) is 40.4 Å². The van der Waals surface area contributed by atoms with Crippen molar-refractivity contribution < 1.29 is 14.4 Å². The average Bonchev–Trinajstić information content (AvgIpc) is 3.19. The van der Waals surface area contributed by atoms with E-state index in [0.29, 0.717) is 18.2 Å². The van der Waals surface area contributed by atoms with Gasteiger partial charge in [-0.1, -0.05) is 50.8 Å². The quantitative estimate of drug-likeness (QED) is 0.498. The molecule has 0 spiro atoms. The summed E-state index contributed by atoms with van der Waals surface area (Å²) < 4.78 is 4.20. The van der Waals surface area contributed by atoms with Gasteiger partial charge >= 0.3 is 0 Å². The Morgan fingerprint density at radius 2 is 1.82 bits per heavy atom. The number of hydrogen-bond donors (Lipinski definition) is 3. The molecule has 34 heavy (non-hydrogen) atoms. The number of aromatic nitrogens is 1. The van der Waals surface area contributed by atoms with Crippen LogP contribution in [0.15, 0.2) is 24.3 Å². The predicted octanol–water partition coefficient (Wildman–Crippen LogP) is 3.91. The second-order valence-corrected chi connectivity index (χ2v) is 10.1. The van der Waals surface area contributed by atoms with Gasteiger partial charge in [0.15, 0.2) is 5.69 Å². The highest BCUT2D eigenvalue weighted by Gasteiger charge is 2.29. The maximum atomic E-state index is 13.5.